The molecule has 1 heterocycles. The summed E-state index contributed by atoms with van der Waals surface area (Å²) in [6.07, 6.45) is -4.45. The number of rotatable bonds is 4. The zero-order chi connectivity index (χ0) is 24.8. The van der Waals surface area contributed by atoms with Crippen molar-refractivity contribution < 1.29 is 35.6 Å². The number of alkyl halides is 3. The number of carbonyl (C=O) groups excluding carboxylic acids is 1. The Morgan fingerprint density at radius 3 is 2.22 bits per heavy atom. The molecule has 0 fully saturated rings. The highest BCUT2D eigenvalue weighted by Crippen LogP contribution is 2.33. The fourth-order valence-corrected chi connectivity index (χ4v) is 3.79. The lowest BCUT2D eigenvalue weighted by atomic mass is 10.2. The van der Waals surface area contributed by atoms with E-state index in [4.69, 9.17) is 11.6 Å². The molecule has 0 N–H and O–H groups in total. The van der Waals surface area contributed by atoms with E-state index in [9.17, 15) is 40.4 Å². The Balaban J connectivity index is 2.90. The van der Waals surface area contributed by atoms with Crippen LogP contribution in [-0.4, -0.2) is 49.1 Å². The predicted molar refractivity (Wildman–Crippen MR) is 105 cm³/mol. The summed E-state index contributed by atoms with van der Waals surface area (Å²) in [6.45, 7) is 0. The molecule has 0 saturated heterocycles. The van der Waals surface area contributed by atoms with E-state index in [-0.39, 0.29) is 19.5 Å². The van der Waals surface area contributed by atoms with Gasteiger partial charge in [0.1, 0.15) is 11.5 Å². The maximum Gasteiger partial charge on any atom is 0.431 e. The standard InChI is InChI=1S/C16H15ClF4N4O6S/c1-22-12(16(19,20)21)7-13(26)24(14(22)27)11-6-10(8(17)5-9(11)18)25(32(4,29)30)15(28)23(2)31-3/h5-7H,1-4H3. The maximum atomic E-state index is 14.6. The summed E-state index contributed by atoms with van der Waals surface area (Å²) in [5, 5.41) is -0.129. The first-order chi connectivity index (χ1) is 14.5. The van der Waals surface area contributed by atoms with Crippen molar-refractivity contribution in [2.24, 2.45) is 7.05 Å². The van der Waals surface area contributed by atoms with Crippen molar-refractivity contribution in [3.63, 3.8) is 0 Å². The van der Waals surface area contributed by atoms with Gasteiger partial charge in [0.2, 0.25) is 10.0 Å². The number of nitrogens with zero attached hydrogens (tertiary/aromatic N) is 4. The summed E-state index contributed by atoms with van der Waals surface area (Å²) >= 11 is 5.90. The van der Waals surface area contributed by atoms with Gasteiger partial charge in [-0.3, -0.25) is 14.2 Å². The van der Waals surface area contributed by atoms with Gasteiger partial charge < -0.3 is 0 Å². The molecule has 0 bridgehead atoms. The fraction of sp³-hybridized carbons (Fsp3) is 0.312. The summed E-state index contributed by atoms with van der Waals surface area (Å²) in [4.78, 5) is 41.9. The SMILES string of the molecule is CON(C)C(=O)N(c1cc(-n2c(=O)cc(C(F)(F)F)n(C)c2=O)c(F)cc1Cl)S(C)(=O)=O. The highest BCUT2D eigenvalue weighted by atomic mass is 35.5. The molecule has 0 saturated carbocycles. The van der Waals surface area contributed by atoms with Crippen molar-refractivity contribution in [2.75, 3.05) is 24.7 Å². The number of hydrogen-bond donors (Lipinski definition) is 0. The number of halogens is 5. The number of hydroxylamine groups is 2. The first-order valence-corrected chi connectivity index (χ1v) is 10.5. The van der Waals surface area contributed by atoms with E-state index in [0.717, 1.165) is 14.2 Å². The van der Waals surface area contributed by atoms with Gasteiger partial charge in [0.15, 0.2) is 0 Å². The van der Waals surface area contributed by atoms with E-state index in [1.807, 2.05) is 0 Å². The lowest BCUT2D eigenvalue weighted by Gasteiger charge is -2.26. The minimum Gasteiger partial charge on any atom is -0.292 e. The number of benzene rings is 1. The number of amides is 2. The molecule has 0 aliphatic carbocycles. The quantitative estimate of drug-likeness (QED) is 0.465. The fourth-order valence-electron chi connectivity index (χ4n) is 2.60. The molecule has 16 heteroatoms. The van der Waals surface area contributed by atoms with E-state index in [1.165, 1.54) is 0 Å². The van der Waals surface area contributed by atoms with Gasteiger partial charge in [-0.1, -0.05) is 11.6 Å². The van der Waals surface area contributed by atoms with Crippen molar-refractivity contribution in [1.82, 2.24) is 14.2 Å². The van der Waals surface area contributed by atoms with Crippen molar-refractivity contribution >= 4 is 33.3 Å². The third-order valence-electron chi connectivity index (χ3n) is 4.14. The van der Waals surface area contributed by atoms with Gasteiger partial charge in [0.25, 0.3) is 5.56 Å². The lowest BCUT2D eigenvalue weighted by Crippen LogP contribution is -2.44. The molecule has 32 heavy (non-hydrogen) atoms. The lowest BCUT2D eigenvalue weighted by molar-refractivity contribution is -0.144. The maximum absolute atomic E-state index is 14.6. The van der Waals surface area contributed by atoms with Gasteiger partial charge in [-0.15, -0.1) is 0 Å². The Morgan fingerprint density at radius 2 is 1.75 bits per heavy atom. The Morgan fingerprint density at radius 1 is 1.19 bits per heavy atom. The van der Waals surface area contributed by atoms with E-state index in [1.54, 1.807) is 0 Å². The summed E-state index contributed by atoms with van der Waals surface area (Å²) in [5.41, 5.74) is -6.35. The van der Waals surface area contributed by atoms with Crippen molar-refractivity contribution in [1.29, 1.82) is 0 Å². The zero-order valence-electron chi connectivity index (χ0n) is 16.8. The molecule has 0 atom stereocenters. The number of sulfonamides is 1. The average molecular weight is 503 g/mol. The number of anilines is 1. The van der Waals surface area contributed by atoms with Gasteiger partial charge >= 0.3 is 17.9 Å². The topological polar surface area (TPSA) is 111 Å². The second-order valence-electron chi connectivity index (χ2n) is 6.29. The molecule has 2 amide bonds. The molecular formula is C16H15ClF4N4O6S. The number of carbonyl (C=O) groups is 1. The largest absolute Gasteiger partial charge is 0.431 e. The van der Waals surface area contributed by atoms with E-state index in [0.29, 0.717) is 30.5 Å². The van der Waals surface area contributed by atoms with Gasteiger partial charge in [0.05, 0.1) is 29.8 Å². The highest BCUT2D eigenvalue weighted by molar-refractivity contribution is 7.92. The monoisotopic (exact) mass is 502 g/mol. The summed E-state index contributed by atoms with van der Waals surface area (Å²) < 4.78 is 78.4. The van der Waals surface area contributed by atoms with Gasteiger partial charge in [-0.2, -0.15) is 17.5 Å². The Hall–Kier alpha value is -2.91. The second kappa shape index (κ2) is 8.55. The van der Waals surface area contributed by atoms with E-state index >= 15 is 0 Å². The third kappa shape index (κ3) is 4.63. The smallest absolute Gasteiger partial charge is 0.292 e. The molecule has 176 valence electrons. The Labute approximate surface area is 182 Å². The van der Waals surface area contributed by atoms with Crippen LogP contribution >= 0.6 is 11.6 Å². The van der Waals surface area contributed by atoms with Crippen LogP contribution < -0.4 is 15.6 Å². The minimum atomic E-state index is -5.06. The molecule has 0 aliphatic rings. The van der Waals surface area contributed by atoms with Crippen LogP contribution in [0, 0.1) is 5.82 Å². The molecule has 0 aliphatic heterocycles. The summed E-state index contributed by atoms with van der Waals surface area (Å²) in [5.74, 6) is -1.35. The predicted octanol–water partition coefficient (Wildman–Crippen LogP) is 1.73. The Kier molecular flexibility index (Phi) is 6.78. The van der Waals surface area contributed by atoms with Gasteiger partial charge in [-0.05, 0) is 12.1 Å². The average Bonchev–Trinajstić information content (AvgIpc) is 2.65. The second-order valence-corrected chi connectivity index (χ2v) is 8.53. The molecule has 0 unspecified atom stereocenters. The van der Waals surface area contributed by atoms with Gasteiger partial charge in [0, 0.05) is 20.2 Å². The van der Waals surface area contributed by atoms with E-state index in [2.05, 4.69) is 4.84 Å². The molecule has 0 spiro atoms. The van der Waals surface area contributed by atoms with E-state index < -0.39 is 61.4 Å². The Bertz CT molecular complexity index is 1310. The minimum absolute atomic E-state index is 0.0371. The summed E-state index contributed by atoms with van der Waals surface area (Å²) in [6, 6.07) is -0.181. The molecule has 1 aromatic carbocycles. The van der Waals surface area contributed by atoms with Crippen LogP contribution in [0.15, 0.2) is 27.8 Å². The van der Waals surface area contributed by atoms with Crippen molar-refractivity contribution in [3.8, 4) is 5.69 Å². The molecule has 0 radical (unpaired) electrons. The number of aromatic nitrogens is 2. The van der Waals surface area contributed by atoms with Crippen LogP contribution in [0.25, 0.3) is 5.69 Å². The zero-order valence-corrected chi connectivity index (χ0v) is 18.3. The summed E-state index contributed by atoms with van der Waals surface area (Å²) in [7, 11) is -1.63. The molecule has 10 nitrogen and oxygen atoms in total. The first-order valence-electron chi connectivity index (χ1n) is 8.24. The first kappa shape index (κ1) is 25.4. The molecule has 2 aromatic rings. The van der Waals surface area contributed by atoms with Crippen LogP contribution in [-0.2, 0) is 28.1 Å². The third-order valence-corrected chi connectivity index (χ3v) is 5.45. The van der Waals surface area contributed by atoms with Gasteiger partial charge in [-0.25, -0.2) is 32.0 Å². The van der Waals surface area contributed by atoms with Crippen LogP contribution in [0.5, 0.6) is 0 Å². The van der Waals surface area contributed by atoms with Crippen molar-refractivity contribution in [3.05, 3.63) is 55.6 Å². The number of urea groups is 1. The molecular weight excluding hydrogens is 488 g/mol. The van der Waals surface area contributed by atoms with Crippen LogP contribution in [0.2, 0.25) is 5.02 Å². The van der Waals surface area contributed by atoms with Crippen LogP contribution in [0.4, 0.5) is 28.0 Å². The highest BCUT2D eigenvalue weighted by Gasteiger charge is 2.36. The van der Waals surface area contributed by atoms with Crippen LogP contribution in [0.3, 0.4) is 0 Å². The molecule has 1 aromatic heterocycles. The van der Waals surface area contributed by atoms with Crippen molar-refractivity contribution in [2.45, 2.75) is 6.18 Å². The normalized spacial score (nSPS) is 12.0. The van der Waals surface area contributed by atoms with Crippen LogP contribution in [0.1, 0.15) is 5.69 Å². The number of hydrogen-bond acceptors (Lipinski definition) is 6. The molecule has 2 rings (SSSR count).